The van der Waals surface area contributed by atoms with Crippen LogP contribution < -0.4 is 5.32 Å². The SMILES string of the molecule is CCCn1cc(CNCc2ccnn2C(C)C)c(C)n1.Cl. The zero-order valence-electron chi connectivity index (χ0n) is 13.3. The fourth-order valence-corrected chi connectivity index (χ4v) is 2.35. The van der Waals surface area contributed by atoms with Crippen LogP contribution in [-0.2, 0) is 19.6 Å². The Kier molecular flexibility index (Phi) is 6.92. The summed E-state index contributed by atoms with van der Waals surface area (Å²) in [5.41, 5.74) is 3.61. The highest BCUT2D eigenvalue weighted by Gasteiger charge is 2.07. The molecule has 0 unspecified atom stereocenters. The largest absolute Gasteiger partial charge is 0.307 e. The molecule has 0 amide bonds. The number of hydrogen-bond acceptors (Lipinski definition) is 3. The molecule has 118 valence electrons. The predicted molar refractivity (Wildman–Crippen MR) is 87.7 cm³/mol. The molecule has 0 aliphatic carbocycles. The number of nitrogens with one attached hydrogen (secondary N) is 1. The quantitative estimate of drug-likeness (QED) is 0.855. The summed E-state index contributed by atoms with van der Waals surface area (Å²) >= 11 is 0. The molecule has 2 aromatic heterocycles. The van der Waals surface area contributed by atoms with Gasteiger partial charge in [0.1, 0.15) is 0 Å². The maximum absolute atomic E-state index is 4.52. The minimum Gasteiger partial charge on any atom is -0.307 e. The smallest absolute Gasteiger partial charge is 0.0638 e. The monoisotopic (exact) mass is 311 g/mol. The molecule has 21 heavy (non-hydrogen) atoms. The van der Waals surface area contributed by atoms with Gasteiger partial charge in [0.2, 0.25) is 0 Å². The molecule has 5 nitrogen and oxygen atoms in total. The van der Waals surface area contributed by atoms with Crippen molar-refractivity contribution in [1.82, 2.24) is 24.9 Å². The molecule has 0 aromatic carbocycles. The van der Waals surface area contributed by atoms with Crippen molar-refractivity contribution in [2.75, 3.05) is 0 Å². The van der Waals surface area contributed by atoms with Crippen molar-refractivity contribution in [3.05, 3.63) is 35.4 Å². The summed E-state index contributed by atoms with van der Waals surface area (Å²) in [5.74, 6) is 0. The first-order valence-electron chi connectivity index (χ1n) is 7.37. The second-order valence-electron chi connectivity index (χ2n) is 5.47. The van der Waals surface area contributed by atoms with E-state index in [0.29, 0.717) is 6.04 Å². The Morgan fingerprint density at radius 1 is 1.29 bits per heavy atom. The molecular weight excluding hydrogens is 286 g/mol. The van der Waals surface area contributed by atoms with Gasteiger partial charge in [0.25, 0.3) is 0 Å². The molecule has 6 heteroatoms. The Labute approximate surface area is 133 Å². The van der Waals surface area contributed by atoms with Gasteiger partial charge in [-0.25, -0.2) is 0 Å². The molecular formula is C15H26ClN5. The molecule has 2 heterocycles. The van der Waals surface area contributed by atoms with E-state index in [2.05, 4.69) is 60.2 Å². The third kappa shape index (κ3) is 4.58. The van der Waals surface area contributed by atoms with Gasteiger partial charge in [-0.05, 0) is 33.3 Å². The van der Waals surface area contributed by atoms with E-state index in [1.165, 1.54) is 11.3 Å². The number of rotatable bonds is 7. The van der Waals surface area contributed by atoms with E-state index < -0.39 is 0 Å². The molecule has 0 saturated carbocycles. The topological polar surface area (TPSA) is 47.7 Å². The van der Waals surface area contributed by atoms with Crippen molar-refractivity contribution in [3.63, 3.8) is 0 Å². The van der Waals surface area contributed by atoms with Crippen molar-refractivity contribution < 1.29 is 0 Å². The van der Waals surface area contributed by atoms with Crippen LogP contribution in [-0.4, -0.2) is 19.6 Å². The molecule has 1 N–H and O–H groups in total. The molecule has 0 saturated heterocycles. The minimum absolute atomic E-state index is 0. The first-order valence-corrected chi connectivity index (χ1v) is 7.37. The number of nitrogens with zero attached hydrogens (tertiary/aromatic N) is 4. The first kappa shape index (κ1) is 17.7. The number of hydrogen-bond donors (Lipinski definition) is 1. The summed E-state index contributed by atoms with van der Waals surface area (Å²) in [6.07, 6.45) is 5.12. The third-order valence-electron chi connectivity index (χ3n) is 3.36. The van der Waals surface area contributed by atoms with Crippen LogP contribution in [0, 0.1) is 6.92 Å². The van der Waals surface area contributed by atoms with E-state index in [-0.39, 0.29) is 12.4 Å². The highest BCUT2D eigenvalue weighted by molar-refractivity contribution is 5.85. The van der Waals surface area contributed by atoms with E-state index in [0.717, 1.165) is 31.7 Å². The fourth-order valence-electron chi connectivity index (χ4n) is 2.35. The zero-order valence-corrected chi connectivity index (χ0v) is 14.2. The molecule has 0 spiro atoms. The highest BCUT2D eigenvalue weighted by atomic mass is 35.5. The molecule has 0 atom stereocenters. The average Bonchev–Trinajstić information content (AvgIpc) is 2.98. The highest BCUT2D eigenvalue weighted by Crippen LogP contribution is 2.09. The van der Waals surface area contributed by atoms with Crippen LogP contribution in [0.3, 0.4) is 0 Å². The van der Waals surface area contributed by atoms with Gasteiger partial charge in [-0.1, -0.05) is 6.92 Å². The molecule has 0 bridgehead atoms. The number of aryl methyl sites for hydroxylation is 2. The summed E-state index contributed by atoms with van der Waals surface area (Å²) in [6, 6.07) is 2.47. The van der Waals surface area contributed by atoms with Crippen molar-refractivity contribution in [3.8, 4) is 0 Å². The van der Waals surface area contributed by atoms with E-state index >= 15 is 0 Å². The van der Waals surface area contributed by atoms with Gasteiger partial charge in [0.05, 0.1) is 11.4 Å². The molecule has 0 aliphatic rings. The summed E-state index contributed by atoms with van der Waals surface area (Å²) in [4.78, 5) is 0. The predicted octanol–water partition coefficient (Wildman–Crippen LogP) is 3.09. The van der Waals surface area contributed by atoms with Crippen LogP contribution in [0.4, 0.5) is 0 Å². The molecule has 2 rings (SSSR count). The Bertz CT molecular complexity index is 544. The van der Waals surface area contributed by atoms with Crippen LogP contribution in [0.2, 0.25) is 0 Å². The summed E-state index contributed by atoms with van der Waals surface area (Å²) < 4.78 is 4.09. The van der Waals surface area contributed by atoms with Crippen molar-refractivity contribution >= 4 is 12.4 Å². The van der Waals surface area contributed by atoms with Crippen LogP contribution in [0.25, 0.3) is 0 Å². The number of halogens is 1. The molecule has 0 fully saturated rings. The van der Waals surface area contributed by atoms with E-state index in [1.54, 1.807) is 0 Å². The lowest BCUT2D eigenvalue weighted by Crippen LogP contribution is -2.17. The third-order valence-corrected chi connectivity index (χ3v) is 3.36. The van der Waals surface area contributed by atoms with Gasteiger partial charge in [0, 0.05) is 43.6 Å². The Morgan fingerprint density at radius 2 is 2.05 bits per heavy atom. The summed E-state index contributed by atoms with van der Waals surface area (Å²) in [7, 11) is 0. The minimum atomic E-state index is 0. The van der Waals surface area contributed by atoms with Gasteiger partial charge in [-0.2, -0.15) is 10.2 Å². The molecule has 0 aliphatic heterocycles. The van der Waals surface area contributed by atoms with Crippen LogP contribution in [0.15, 0.2) is 18.5 Å². The normalized spacial score (nSPS) is 10.9. The van der Waals surface area contributed by atoms with Crippen molar-refractivity contribution in [2.24, 2.45) is 0 Å². The maximum Gasteiger partial charge on any atom is 0.0638 e. The van der Waals surface area contributed by atoms with E-state index in [9.17, 15) is 0 Å². The lowest BCUT2D eigenvalue weighted by molar-refractivity contribution is 0.495. The van der Waals surface area contributed by atoms with Gasteiger partial charge in [0.15, 0.2) is 0 Å². The first-order chi connectivity index (χ1) is 9.61. The Balaban J connectivity index is 0.00000220. The lowest BCUT2D eigenvalue weighted by Gasteiger charge is -2.11. The summed E-state index contributed by atoms with van der Waals surface area (Å²) in [6.45, 7) is 11.2. The van der Waals surface area contributed by atoms with E-state index in [1.807, 2.05) is 10.9 Å². The Hall–Kier alpha value is -1.33. The van der Waals surface area contributed by atoms with Gasteiger partial charge in [-0.15, -0.1) is 12.4 Å². The zero-order chi connectivity index (χ0) is 14.5. The van der Waals surface area contributed by atoms with Crippen LogP contribution in [0.1, 0.15) is 50.2 Å². The molecule has 0 radical (unpaired) electrons. The second kappa shape index (κ2) is 8.20. The second-order valence-corrected chi connectivity index (χ2v) is 5.47. The lowest BCUT2D eigenvalue weighted by atomic mass is 10.2. The van der Waals surface area contributed by atoms with Crippen LogP contribution >= 0.6 is 12.4 Å². The van der Waals surface area contributed by atoms with Crippen molar-refractivity contribution in [1.29, 1.82) is 0 Å². The van der Waals surface area contributed by atoms with Crippen molar-refractivity contribution in [2.45, 2.75) is 59.8 Å². The van der Waals surface area contributed by atoms with Gasteiger partial charge < -0.3 is 5.32 Å². The fraction of sp³-hybridized carbons (Fsp3) is 0.600. The maximum atomic E-state index is 4.52. The van der Waals surface area contributed by atoms with E-state index in [4.69, 9.17) is 0 Å². The average molecular weight is 312 g/mol. The summed E-state index contributed by atoms with van der Waals surface area (Å²) in [5, 5.41) is 12.3. The standard InChI is InChI=1S/C15H25N5.ClH/c1-5-8-19-11-14(13(4)18-19)9-16-10-15-6-7-17-20(15)12(2)3;/h6-7,11-12,16H,5,8-10H2,1-4H3;1H. The van der Waals surface area contributed by atoms with Gasteiger partial charge >= 0.3 is 0 Å². The van der Waals surface area contributed by atoms with Gasteiger partial charge in [-0.3, -0.25) is 9.36 Å². The number of aromatic nitrogens is 4. The van der Waals surface area contributed by atoms with Crippen LogP contribution in [0.5, 0.6) is 0 Å². The Morgan fingerprint density at radius 3 is 2.71 bits per heavy atom. The molecule has 2 aromatic rings.